The summed E-state index contributed by atoms with van der Waals surface area (Å²) in [6.45, 7) is 10.9. The third kappa shape index (κ3) is 5.18. The second-order valence-electron chi connectivity index (χ2n) is 6.05. The topological polar surface area (TPSA) is 52.6 Å². The van der Waals surface area contributed by atoms with Crippen molar-refractivity contribution in [3.63, 3.8) is 0 Å². The number of ether oxygens (including phenoxy) is 2. The van der Waals surface area contributed by atoms with Gasteiger partial charge in [0.2, 0.25) is 0 Å². The average molecular weight is 350 g/mol. The molecule has 0 amide bonds. The van der Waals surface area contributed by atoms with Crippen molar-refractivity contribution in [1.29, 1.82) is 0 Å². The maximum atomic E-state index is 11.5. The van der Waals surface area contributed by atoms with E-state index < -0.39 is 5.97 Å². The number of esters is 2. The van der Waals surface area contributed by atoms with Gasteiger partial charge < -0.3 is 9.47 Å². The summed E-state index contributed by atoms with van der Waals surface area (Å²) in [6.07, 6.45) is 1.13. The first-order valence-electron chi connectivity index (χ1n) is 8.28. The van der Waals surface area contributed by atoms with E-state index in [9.17, 15) is 9.59 Å². The monoisotopic (exact) mass is 350 g/mol. The van der Waals surface area contributed by atoms with Crippen LogP contribution in [0.5, 0.6) is 5.75 Å². The second-order valence-corrected chi connectivity index (χ2v) is 6.05. The molecule has 0 aromatic heterocycles. The van der Waals surface area contributed by atoms with E-state index in [2.05, 4.69) is 13.2 Å². The van der Waals surface area contributed by atoms with Crippen molar-refractivity contribution in [3.05, 3.63) is 78.9 Å². The SMILES string of the molecule is C=CC(=O)Oc1ccc(-c2ccc(C(C)COC(=O)C(=C)C)cc2)cc1. The van der Waals surface area contributed by atoms with Crippen LogP contribution in [0.3, 0.4) is 0 Å². The van der Waals surface area contributed by atoms with Crippen LogP contribution in [0.1, 0.15) is 25.3 Å². The first-order valence-corrected chi connectivity index (χ1v) is 8.28. The lowest BCUT2D eigenvalue weighted by atomic mass is 9.98. The smallest absolute Gasteiger partial charge is 0.335 e. The Morgan fingerprint density at radius 3 is 2.08 bits per heavy atom. The highest BCUT2D eigenvalue weighted by Crippen LogP contribution is 2.25. The first-order chi connectivity index (χ1) is 12.4. The Bertz CT molecular complexity index is 801. The average Bonchev–Trinajstić information content (AvgIpc) is 2.66. The van der Waals surface area contributed by atoms with E-state index >= 15 is 0 Å². The molecule has 134 valence electrons. The van der Waals surface area contributed by atoms with Crippen molar-refractivity contribution in [3.8, 4) is 16.9 Å². The third-order valence-electron chi connectivity index (χ3n) is 3.87. The summed E-state index contributed by atoms with van der Waals surface area (Å²) in [4.78, 5) is 22.7. The molecule has 4 nitrogen and oxygen atoms in total. The van der Waals surface area contributed by atoms with Gasteiger partial charge in [0.25, 0.3) is 0 Å². The van der Waals surface area contributed by atoms with Gasteiger partial charge in [0, 0.05) is 17.6 Å². The molecular weight excluding hydrogens is 328 g/mol. The summed E-state index contributed by atoms with van der Waals surface area (Å²) in [7, 11) is 0. The van der Waals surface area contributed by atoms with Crippen molar-refractivity contribution in [2.24, 2.45) is 0 Å². The lowest BCUT2D eigenvalue weighted by Gasteiger charge is -2.13. The van der Waals surface area contributed by atoms with E-state index in [-0.39, 0.29) is 11.9 Å². The molecule has 0 spiro atoms. The second kappa shape index (κ2) is 8.81. The minimum atomic E-state index is -0.483. The number of hydrogen-bond donors (Lipinski definition) is 0. The van der Waals surface area contributed by atoms with Gasteiger partial charge in [0.05, 0.1) is 6.61 Å². The molecule has 26 heavy (non-hydrogen) atoms. The standard InChI is InChI=1S/C22H22O4/c1-5-21(23)26-20-12-10-19(11-13-20)18-8-6-17(7-9-18)16(4)14-25-22(24)15(2)3/h5-13,16H,1-2,14H2,3-4H3. The van der Waals surface area contributed by atoms with Crippen molar-refractivity contribution in [2.45, 2.75) is 19.8 Å². The number of rotatable bonds is 7. The molecule has 0 bridgehead atoms. The highest BCUT2D eigenvalue weighted by Gasteiger charge is 2.10. The van der Waals surface area contributed by atoms with Crippen molar-refractivity contribution < 1.29 is 19.1 Å². The van der Waals surface area contributed by atoms with Crippen molar-refractivity contribution in [2.75, 3.05) is 6.61 Å². The van der Waals surface area contributed by atoms with E-state index in [0.29, 0.717) is 17.9 Å². The molecule has 0 radical (unpaired) electrons. The van der Waals surface area contributed by atoms with Gasteiger partial charge in [-0.1, -0.05) is 56.5 Å². The quantitative estimate of drug-likeness (QED) is 0.414. The van der Waals surface area contributed by atoms with E-state index in [1.165, 1.54) is 0 Å². The summed E-state index contributed by atoms with van der Waals surface area (Å²) in [5.41, 5.74) is 3.53. The van der Waals surface area contributed by atoms with Gasteiger partial charge in [0.15, 0.2) is 0 Å². The number of hydrogen-bond acceptors (Lipinski definition) is 4. The largest absolute Gasteiger partial charge is 0.462 e. The Morgan fingerprint density at radius 2 is 1.58 bits per heavy atom. The van der Waals surface area contributed by atoms with Crippen LogP contribution in [-0.2, 0) is 14.3 Å². The van der Waals surface area contributed by atoms with Gasteiger partial charge in [0.1, 0.15) is 5.75 Å². The summed E-state index contributed by atoms with van der Waals surface area (Å²) in [5, 5.41) is 0. The van der Waals surface area contributed by atoms with Gasteiger partial charge in [-0.3, -0.25) is 0 Å². The molecule has 0 fully saturated rings. The zero-order valence-electron chi connectivity index (χ0n) is 15.0. The maximum absolute atomic E-state index is 11.5. The Labute approximate surface area is 153 Å². The zero-order valence-corrected chi connectivity index (χ0v) is 15.0. The summed E-state index contributed by atoms with van der Waals surface area (Å²) < 4.78 is 10.3. The molecule has 2 aromatic carbocycles. The fourth-order valence-electron chi connectivity index (χ4n) is 2.30. The van der Waals surface area contributed by atoms with E-state index in [1.807, 2.05) is 43.3 Å². The van der Waals surface area contributed by atoms with Crippen LogP contribution >= 0.6 is 0 Å². The molecule has 1 atom stereocenters. The Morgan fingerprint density at radius 1 is 1.04 bits per heavy atom. The fourth-order valence-corrected chi connectivity index (χ4v) is 2.30. The molecule has 0 aliphatic heterocycles. The predicted octanol–water partition coefficient (Wildman–Crippen LogP) is 4.67. The molecule has 2 rings (SSSR count). The predicted molar refractivity (Wildman–Crippen MR) is 102 cm³/mol. The summed E-state index contributed by atoms with van der Waals surface area (Å²) in [5.74, 6) is -0.287. The van der Waals surface area contributed by atoms with Crippen LogP contribution in [0, 0.1) is 0 Å². The fraction of sp³-hybridized carbons (Fsp3) is 0.182. The van der Waals surface area contributed by atoms with Crippen LogP contribution in [0.15, 0.2) is 73.3 Å². The first kappa shape index (κ1) is 19.2. The summed E-state index contributed by atoms with van der Waals surface area (Å²) >= 11 is 0. The molecule has 0 aliphatic rings. The van der Waals surface area contributed by atoms with E-state index in [0.717, 1.165) is 22.8 Å². The number of carbonyl (C=O) groups excluding carboxylic acids is 2. The van der Waals surface area contributed by atoms with Gasteiger partial charge in [-0.15, -0.1) is 0 Å². The molecule has 4 heteroatoms. The minimum Gasteiger partial charge on any atom is -0.462 e. The lowest BCUT2D eigenvalue weighted by Crippen LogP contribution is -2.11. The molecule has 0 saturated heterocycles. The third-order valence-corrected chi connectivity index (χ3v) is 3.87. The molecular formula is C22H22O4. The van der Waals surface area contributed by atoms with Crippen molar-refractivity contribution in [1.82, 2.24) is 0 Å². The Balaban J connectivity index is 2.02. The van der Waals surface area contributed by atoms with Crippen molar-refractivity contribution >= 4 is 11.9 Å². The summed E-state index contributed by atoms with van der Waals surface area (Å²) in [6, 6.07) is 15.3. The molecule has 0 saturated carbocycles. The van der Waals surface area contributed by atoms with E-state index in [4.69, 9.17) is 9.47 Å². The van der Waals surface area contributed by atoms with Crippen LogP contribution in [0.4, 0.5) is 0 Å². The molecule has 0 N–H and O–H groups in total. The van der Waals surface area contributed by atoms with Gasteiger partial charge in [-0.25, -0.2) is 9.59 Å². The molecule has 0 heterocycles. The Kier molecular flexibility index (Phi) is 6.50. The molecule has 0 aliphatic carbocycles. The maximum Gasteiger partial charge on any atom is 0.335 e. The number of benzene rings is 2. The highest BCUT2D eigenvalue weighted by molar-refractivity contribution is 5.87. The van der Waals surface area contributed by atoms with Gasteiger partial charge in [-0.05, 0) is 35.7 Å². The highest BCUT2D eigenvalue weighted by atomic mass is 16.5. The van der Waals surface area contributed by atoms with E-state index in [1.54, 1.807) is 19.1 Å². The molecule has 2 aromatic rings. The minimum absolute atomic E-state index is 0.0908. The molecule has 1 unspecified atom stereocenters. The van der Waals surface area contributed by atoms with Crippen LogP contribution < -0.4 is 4.74 Å². The van der Waals surface area contributed by atoms with Crippen LogP contribution in [0.2, 0.25) is 0 Å². The zero-order chi connectivity index (χ0) is 19.1. The lowest BCUT2D eigenvalue weighted by molar-refractivity contribution is -0.139. The van der Waals surface area contributed by atoms with Crippen LogP contribution in [-0.4, -0.2) is 18.5 Å². The normalized spacial score (nSPS) is 11.3. The Hall–Kier alpha value is -3.14. The number of carbonyl (C=O) groups is 2. The van der Waals surface area contributed by atoms with Crippen LogP contribution in [0.25, 0.3) is 11.1 Å². The van der Waals surface area contributed by atoms with Gasteiger partial charge in [-0.2, -0.15) is 0 Å². The van der Waals surface area contributed by atoms with Gasteiger partial charge >= 0.3 is 11.9 Å².